The molecule has 6 nitrogen and oxygen atoms in total. The Bertz CT molecular complexity index is 804. The average molecular weight is 415 g/mol. The quantitative estimate of drug-likeness (QED) is 0.692. The van der Waals surface area contributed by atoms with E-state index in [1.165, 1.54) is 0 Å². The SMILES string of the molecule is O=C1S/C(=C\C=C\c2ccccc2)C(=O)N1CCC(=O)N1CCCC[C@H]1CCO. The van der Waals surface area contributed by atoms with Crippen LogP contribution in [0, 0.1) is 0 Å². The van der Waals surface area contributed by atoms with E-state index < -0.39 is 0 Å². The predicted molar refractivity (Wildman–Crippen MR) is 114 cm³/mol. The van der Waals surface area contributed by atoms with E-state index in [2.05, 4.69) is 0 Å². The molecule has 7 heteroatoms. The number of nitrogens with zero attached hydrogens (tertiary/aromatic N) is 2. The van der Waals surface area contributed by atoms with Gasteiger partial charge in [0.2, 0.25) is 5.91 Å². The molecule has 0 spiro atoms. The van der Waals surface area contributed by atoms with E-state index in [0.717, 1.165) is 41.5 Å². The van der Waals surface area contributed by atoms with Gasteiger partial charge in [0.1, 0.15) is 0 Å². The van der Waals surface area contributed by atoms with Gasteiger partial charge in [0.05, 0.1) is 4.91 Å². The minimum Gasteiger partial charge on any atom is -0.396 e. The van der Waals surface area contributed by atoms with E-state index in [0.29, 0.717) is 17.9 Å². The van der Waals surface area contributed by atoms with Gasteiger partial charge in [0.25, 0.3) is 11.1 Å². The number of hydrogen-bond acceptors (Lipinski definition) is 5. The summed E-state index contributed by atoms with van der Waals surface area (Å²) in [6.07, 6.45) is 8.85. The van der Waals surface area contributed by atoms with Gasteiger partial charge in [-0.15, -0.1) is 0 Å². The number of amides is 3. The fraction of sp³-hybridized carbons (Fsp3) is 0.409. The minimum atomic E-state index is -0.351. The highest BCUT2D eigenvalue weighted by molar-refractivity contribution is 8.18. The van der Waals surface area contributed by atoms with Crippen LogP contribution in [0.5, 0.6) is 0 Å². The Morgan fingerprint density at radius 3 is 2.76 bits per heavy atom. The van der Waals surface area contributed by atoms with Crippen molar-refractivity contribution < 1.29 is 19.5 Å². The van der Waals surface area contributed by atoms with Gasteiger partial charge in [-0.25, -0.2) is 0 Å². The van der Waals surface area contributed by atoms with Crippen molar-refractivity contribution >= 4 is 34.9 Å². The Morgan fingerprint density at radius 1 is 1.21 bits per heavy atom. The Hall–Kier alpha value is -2.38. The third-order valence-corrected chi connectivity index (χ3v) is 6.09. The molecule has 0 aromatic heterocycles. The van der Waals surface area contributed by atoms with Crippen molar-refractivity contribution in [2.45, 2.75) is 38.1 Å². The van der Waals surface area contributed by atoms with Gasteiger partial charge in [-0.2, -0.15) is 0 Å². The molecule has 3 amide bonds. The second-order valence-electron chi connectivity index (χ2n) is 7.12. The molecule has 1 N–H and O–H groups in total. The maximum absolute atomic E-state index is 12.6. The lowest BCUT2D eigenvalue weighted by Crippen LogP contribution is -2.45. The number of rotatable bonds is 7. The van der Waals surface area contributed by atoms with Crippen molar-refractivity contribution in [2.75, 3.05) is 19.7 Å². The lowest BCUT2D eigenvalue weighted by atomic mass is 9.99. The molecular weight excluding hydrogens is 388 g/mol. The van der Waals surface area contributed by atoms with Crippen molar-refractivity contribution in [3.8, 4) is 0 Å². The third kappa shape index (κ3) is 5.58. The van der Waals surface area contributed by atoms with Crippen molar-refractivity contribution in [3.05, 3.63) is 53.0 Å². The zero-order valence-electron chi connectivity index (χ0n) is 16.3. The third-order valence-electron chi connectivity index (χ3n) is 5.17. The van der Waals surface area contributed by atoms with E-state index in [4.69, 9.17) is 0 Å². The zero-order valence-corrected chi connectivity index (χ0v) is 17.1. The van der Waals surface area contributed by atoms with Crippen molar-refractivity contribution in [1.82, 2.24) is 9.80 Å². The molecule has 154 valence electrons. The van der Waals surface area contributed by atoms with Crippen LogP contribution in [-0.4, -0.2) is 57.7 Å². The first-order valence-electron chi connectivity index (χ1n) is 9.97. The van der Waals surface area contributed by atoms with E-state index in [9.17, 15) is 19.5 Å². The predicted octanol–water partition coefficient (Wildman–Crippen LogP) is 3.43. The summed E-state index contributed by atoms with van der Waals surface area (Å²) in [4.78, 5) is 40.7. The van der Waals surface area contributed by atoms with E-state index >= 15 is 0 Å². The Morgan fingerprint density at radius 2 is 2.00 bits per heavy atom. The summed E-state index contributed by atoms with van der Waals surface area (Å²) in [5.41, 5.74) is 1.01. The fourth-order valence-corrected chi connectivity index (χ4v) is 4.46. The van der Waals surface area contributed by atoms with Gasteiger partial charge in [-0.1, -0.05) is 42.5 Å². The highest BCUT2D eigenvalue weighted by Gasteiger charge is 2.35. The number of benzene rings is 1. The largest absolute Gasteiger partial charge is 0.396 e. The molecule has 0 bridgehead atoms. The summed E-state index contributed by atoms with van der Waals surface area (Å²) in [6, 6.07) is 9.74. The molecule has 0 aliphatic carbocycles. The molecule has 2 fully saturated rings. The van der Waals surface area contributed by atoms with Gasteiger partial charge < -0.3 is 10.0 Å². The number of hydrogen-bond donors (Lipinski definition) is 1. The molecular formula is C22H26N2O4S. The van der Waals surface area contributed by atoms with E-state index in [1.54, 1.807) is 17.1 Å². The summed E-state index contributed by atoms with van der Waals surface area (Å²) < 4.78 is 0. The van der Waals surface area contributed by atoms with Gasteiger partial charge in [-0.05, 0) is 49.1 Å². The number of thioether (sulfide) groups is 1. The van der Waals surface area contributed by atoms with E-state index in [-0.39, 0.29) is 42.7 Å². The molecule has 0 saturated carbocycles. The number of carbonyl (C=O) groups is 3. The van der Waals surface area contributed by atoms with Gasteiger partial charge in [0.15, 0.2) is 0 Å². The van der Waals surface area contributed by atoms with Gasteiger partial charge >= 0.3 is 0 Å². The minimum absolute atomic E-state index is 0.0544. The summed E-state index contributed by atoms with van der Waals surface area (Å²) in [7, 11) is 0. The maximum Gasteiger partial charge on any atom is 0.293 e. The molecule has 1 aromatic carbocycles. The molecule has 2 heterocycles. The van der Waals surface area contributed by atoms with Crippen molar-refractivity contribution in [1.29, 1.82) is 0 Å². The zero-order chi connectivity index (χ0) is 20.6. The second kappa shape index (κ2) is 10.4. The van der Waals surface area contributed by atoms with Crippen molar-refractivity contribution in [3.63, 3.8) is 0 Å². The first-order chi connectivity index (χ1) is 14.1. The van der Waals surface area contributed by atoms with Crippen LogP contribution in [0.2, 0.25) is 0 Å². The number of imide groups is 1. The summed E-state index contributed by atoms with van der Waals surface area (Å²) in [5.74, 6) is -0.411. The first-order valence-corrected chi connectivity index (χ1v) is 10.8. The molecule has 29 heavy (non-hydrogen) atoms. The molecule has 2 saturated heterocycles. The smallest absolute Gasteiger partial charge is 0.293 e. The molecule has 0 radical (unpaired) electrons. The molecule has 0 unspecified atom stereocenters. The molecule has 3 rings (SSSR count). The van der Waals surface area contributed by atoms with Crippen LogP contribution in [0.3, 0.4) is 0 Å². The Kier molecular flexibility index (Phi) is 7.66. The number of aliphatic hydroxyl groups is 1. The molecule has 2 aliphatic rings. The van der Waals surface area contributed by atoms with Crippen LogP contribution in [0.15, 0.2) is 47.4 Å². The number of aliphatic hydroxyl groups excluding tert-OH is 1. The lowest BCUT2D eigenvalue weighted by molar-refractivity contribution is -0.135. The van der Waals surface area contributed by atoms with Crippen LogP contribution in [0.25, 0.3) is 6.08 Å². The van der Waals surface area contributed by atoms with Crippen LogP contribution in [-0.2, 0) is 9.59 Å². The summed E-state index contributed by atoms with van der Waals surface area (Å²) in [6.45, 7) is 0.819. The topological polar surface area (TPSA) is 77.9 Å². The van der Waals surface area contributed by atoms with Crippen LogP contribution >= 0.6 is 11.8 Å². The number of likely N-dealkylation sites (tertiary alicyclic amines) is 1. The molecule has 2 aliphatic heterocycles. The van der Waals surface area contributed by atoms with Crippen LogP contribution < -0.4 is 0 Å². The monoisotopic (exact) mass is 414 g/mol. The standard InChI is InChI=1S/C22H26N2O4S/c25-16-13-18-10-4-5-14-23(18)20(26)12-15-24-21(27)19(29-22(24)28)11-6-9-17-7-2-1-3-8-17/h1-3,6-9,11,18,25H,4-5,10,12-16H2/b9-6+,19-11-/t18-/m0/s1. The van der Waals surface area contributed by atoms with Crippen LogP contribution in [0.4, 0.5) is 4.79 Å². The van der Waals surface area contributed by atoms with Crippen LogP contribution in [0.1, 0.15) is 37.7 Å². The fourth-order valence-electron chi connectivity index (χ4n) is 3.65. The summed E-state index contributed by atoms with van der Waals surface area (Å²) in [5, 5.41) is 8.87. The Labute approximate surface area is 175 Å². The molecule has 1 atom stereocenters. The second-order valence-corrected chi connectivity index (χ2v) is 8.12. The number of piperidine rings is 1. The van der Waals surface area contributed by atoms with Gasteiger partial charge in [0, 0.05) is 32.2 Å². The van der Waals surface area contributed by atoms with Crippen molar-refractivity contribution in [2.24, 2.45) is 0 Å². The number of allylic oxidation sites excluding steroid dienone is 2. The van der Waals surface area contributed by atoms with Gasteiger partial charge in [-0.3, -0.25) is 19.3 Å². The average Bonchev–Trinajstić information content (AvgIpc) is 3.00. The maximum atomic E-state index is 12.6. The highest BCUT2D eigenvalue weighted by Crippen LogP contribution is 2.31. The first kappa shape index (κ1) is 21.3. The normalized spacial score (nSPS) is 21.6. The Balaban J connectivity index is 1.56. The van der Waals surface area contributed by atoms with E-state index in [1.807, 2.05) is 36.4 Å². The lowest BCUT2D eigenvalue weighted by Gasteiger charge is -2.36. The summed E-state index contributed by atoms with van der Waals surface area (Å²) >= 11 is 0.902. The number of carbonyl (C=O) groups excluding carboxylic acids is 3. The highest BCUT2D eigenvalue weighted by atomic mass is 32.2. The molecule has 1 aromatic rings.